The van der Waals surface area contributed by atoms with Crippen LogP contribution in [0, 0.1) is 0 Å². The van der Waals surface area contributed by atoms with Crippen molar-refractivity contribution in [2.75, 3.05) is 13.2 Å². The van der Waals surface area contributed by atoms with Gasteiger partial charge in [-0.1, -0.05) is 35.6 Å². The van der Waals surface area contributed by atoms with E-state index in [2.05, 4.69) is 4.99 Å². The highest BCUT2D eigenvalue weighted by Gasteiger charge is 2.09. The average Bonchev–Trinajstić information content (AvgIpc) is 2.99. The van der Waals surface area contributed by atoms with Gasteiger partial charge in [0.15, 0.2) is 10.6 Å². The molecule has 1 amide bonds. The zero-order chi connectivity index (χ0) is 18.5. The second-order valence-electron chi connectivity index (χ2n) is 5.75. The Morgan fingerprint density at radius 3 is 2.46 bits per heavy atom. The zero-order valence-electron chi connectivity index (χ0n) is 14.8. The highest BCUT2D eigenvalue weighted by atomic mass is 32.1. The predicted octanol–water partition coefficient (Wildman–Crippen LogP) is 3.68. The van der Waals surface area contributed by atoms with Crippen LogP contribution >= 0.6 is 11.3 Å². The van der Waals surface area contributed by atoms with E-state index in [1.807, 2.05) is 35.8 Å². The lowest BCUT2D eigenvalue weighted by Crippen LogP contribution is -2.19. The number of nitrogens with zero attached hydrogens (tertiary/aromatic N) is 2. The van der Waals surface area contributed by atoms with Gasteiger partial charge in [0, 0.05) is 24.3 Å². The van der Waals surface area contributed by atoms with Crippen molar-refractivity contribution >= 4 is 33.2 Å². The first-order chi connectivity index (χ1) is 12.6. The van der Waals surface area contributed by atoms with E-state index < -0.39 is 0 Å². The molecule has 0 radical (unpaired) electrons. The quantitative estimate of drug-likeness (QED) is 0.492. The van der Waals surface area contributed by atoms with E-state index in [9.17, 15) is 9.59 Å². The van der Waals surface area contributed by atoms with Gasteiger partial charge in [-0.25, -0.2) is 0 Å². The number of fused-ring (bicyclic) bond motifs is 1. The third-order valence-electron chi connectivity index (χ3n) is 3.99. The molecule has 26 heavy (non-hydrogen) atoms. The standard InChI is InChI=1S/C20H20N2O3S/c1-3-25-13-12-22-17-6-4-5-7-18(17)26-20(22)21-19(24)16-10-8-15(9-11-16)14(2)23/h4-11H,3,12-13H2,1-2H3. The molecule has 0 atom stereocenters. The number of carbonyl (C=O) groups excluding carboxylic acids is 2. The van der Waals surface area contributed by atoms with Gasteiger partial charge in [0.25, 0.3) is 5.91 Å². The molecule has 134 valence electrons. The molecule has 0 fully saturated rings. The molecule has 0 aliphatic heterocycles. The summed E-state index contributed by atoms with van der Waals surface area (Å²) < 4.78 is 8.54. The minimum absolute atomic E-state index is 0.0285. The van der Waals surface area contributed by atoms with E-state index in [1.54, 1.807) is 24.3 Å². The molecule has 1 aromatic heterocycles. The third kappa shape index (κ3) is 3.98. The Bertz CT molecular complexity index is 1000. The number of hydrogen-bond donors (Lipinski definition) is 0. The SMILES string of the molecule is CCOCCn1c(=NC(=O)c2ccc(C(C)=O)cc2)sc2ccccc21. The topological polar surface area (TPSA) is 60.7 Å². The van der Waals surface area contributed by atoms with Gasteiger partial charge in [-0.15, -0.1) is 0 Å². The van der Waals surface area contributed by atoms with Crippen molar-refractivity contribution < 1.29 is 14.3 Å². The molecule has 6 heteroatoms. The maximum atomic E-state index is 12.6. The number of benzene rings is 2. The summed E-state index contributed by atoms with van der Waals surface area (Å²) in [7, 11) is 0. The van der Waals surface area contributed by atoms with Crippen LogP contribution in [0.2, 0.25) is 0 Å². The summed E-state index contributed by atoms with van der Waals surface area (Å²) in [6.45, 7) is 5.30. The molecule has 0 aliphatic carbocycles. The Balaban J connectivity index is 1.98. The Morgan fingerprint density at radius 2 is 1.77 bits per heavy atom. The van der Waals surface area contributed by atoms with Gasteiger partial charge >= 0.3 is 0 Å². The summed E-state index contributed by atoms with van der Waals surface area (Å²) in [4.78, 5) is 28.9. The van der Waals surface area contributed by atoms with Crippen molar-refractivity contribution in [3.8, 4) is 0 Å². The number of aromatic nitrogens is 1. The second-order valence-corrected chi connectivity index (χ2v) is 6.76. The lowest BCUT2D eigenvalue weighted by atomic mass is 10.1. The van der Waals surface area contributed by atoms with Gasteiger partial charge in [0.1, 0.15) is 0 Å². The summed E-state index contributed by atoms with van der Waals surface area (Å²) in [5.41, 5.74) is 2.08. The van der Waals surface area contributed by atoms with Crippen molar-refractivity contribution in [1.29, 1.82) is 0 Å². The predicted molar refractivity (Wildman–Crippen MR) is 103 cm³/mol. The normalized spacial score (nSPS) is 11.8. The van der Waals surface area contributed by atoms with Crippen LogP contribution in [-0.4, -0.2) is 29.5 Å². The van der Waals surface area contributed by atoms with Crippen molar-refractivity contribution in [1.82, 2.24) is 4.57 Å². The summed E-state index contributed by atoms with van der Waals surface area (Å²) in [6, 6.07) is 14.6. The number of amides is 1. The van der Waals surface area contributed by atoms with Crippen molar-refractivity contribution in [2.24, 2.45) is 4.99 Å². The van der Waals surface area contributed by atoms with E-state index in [1.165, 1.54) is 18.3 Å². The number of para-hydroxylation sites is 1. The summed E-state index contributed by atoms with van der Waals surface area (Å²) >= 11 is 1.48. The lowest BCUT2D eigenvalue weighted by molar-refractivity contribution is 0.0990. The molecule has 2 aromatic carbocycles. The fraction of sp³-hybridized carbons (Fsp3) is 0.250. The molecule has 0 saturated carbocycles. The minimum Gasteiger partial charge on any atom is -0.380 e. The van der Waals surface area contributed by atoms with Crippen LogP contribution in [0.4, 0.5) is 0 Å². The number of ketones is 1. The summed E-state index contributed by atoms with van der Waals surface area (Å²) in [5, 5.41) is 0. The molecule has 3 rings (SSSR count). The number of Topliss-reactive ketones (excluding diaryl/α,β-unsaturated/α-hetero) is 1. The summed E-state index contributed by atoms with van der Waals surface area (Å²) in [5.74, 6) is -0.351. The fourth-order valence-electron chi connectivity index (χ4n) is 2.62. The molecule has 0 spiro atoms. The van der Waals surface area contributed by atoms with Crippen LogP contribution in [0.25, 0.3) is 10.2 Å². The van der Waals surface area contributed by atoms with E-state index >= 15 is 0 Å². The maximum Gasteiger partial charge on any atom is 0.279 e. The molecular formula is C20H20N2O3S. The molecule has 0 saturated heterocycles. The lowest BCUT2D eigenvalue weighted by Gasteiger charge is -2.05. The Hall–Kier alpha value is -2.57. The van der Waals surface area contributed by atoms with Crippen molar-refractivity contribution in [2.45, 2.75) is 20.4 Å². The molecule has 5 nitrogen and oxygen atoms in total. The van der Waals surface area contributed by atoms with Gasteiger partial charge < -0.3 is 9.30 Å². The van der Waals surface area contributed by atoms with Crippen LogP contribution in [0.15, 0.2) is 53.5 Å². The van der Waals surface area contributed by atoms with E-state index in [4.69, 9.17) is 4.74 Å². The van der Waals surface area contributed by atoms with Gasteiger partial charge in [-0.2, -0.15) is 4.99 Å². The molecule has 0 bridgehead atoms. The second kappa shape index (κ2) is 8.21. The van der Waals surface area contributed by atoms with Gasteiger partial charge in [0.05, 0.1) is 16.8 Å². The fourth-order valence-corrected chi connectivity index (χ4v) is 3.68. The molecule has 0 unspecified atom stereocenters. The smallest absolute Gasteiger partial charge is 0.279 e. The van der Waals surface area contributed by atoms with E-state index in [0.29, 0.717) is 35.7 Å². The van der Waals surface area contributed by atoms with Gasteiger partial charge in [0.2, 0.25) is 0 Å². The van der Waals surface area contributed by atoms with E-state index in [0.717, 1.165) is 10.2 Å². The van der Waals surface area contributed by atoms with Gasteiger partial charge in [-0.3, -0.25) is 9.59 Å². The van der Waals surface area contributed by atoms with Gasteiger partial charge in [-0.05, 0) is 38.1 Å². The summed E-state index contributed by atoms with van der Waals surface area (Å²) in [6.07, 6.45) is 0. The Labute approximate surface area is 155 Å². The van der Waals surface area contributed by atoms with Crippen LogP contribution in [0.5, 0.6) is 0 Å². The first-order valence-electron chi connectivity index (χ1n) is 8.46. The average molecular weight is 368 g/mol. The van der Waals surface area contributed by atoms with Crippen LogP contribution in [-0.2, 0) is 11.3 Å². The number of carbonyl (C=O) groups is 2. The maximum absolute atomic E-state index is 12.6. The molecule has 0 aliphatic rings. The number of ether oxygens (including phenoxy) is 1. The third-order valence-corrected chi connectivity index (χ3v) is 5.05. The van der Waals surface area contributed by atoms with Crippen LogP contribution in [0.1, 0.15) is 34.6 Å². The molecular weight excluding hydrogens is 348 g/mol. The highest BCUT2D eigenvalue weighted by Crippen LogP contribution is 2.17. The molecule has 1 heterocycles. The largest absolute Gasteiger partial charge is 0.380 e. The first kappa shape index (κ1) is 18.2. The van der Waals surface area contributed by atoms with E-state index in [-0.39, 0.29) is 11.7 Å². The Kier molecular flexibility index (Phi) is 5.75. The number of hydrogen-bond acceptors (Lipinski definition) is 4. The number of thiazole rings is 1. The van der Waals surface area contributed by atoms with Crippen molar-refractivity contribution in [3.05, 3.63) is 64.5 Å². The first-order valence-corrected chi connectivity index (χ1v) is 9.28. The monoisotopic (exact) mass is 368 g/mol. The highest BCUT2D eigenvalue weighted by molar-refractivity contribution is 7.16. The Morgan fingerprint density at radius 1 is 1.08 bits per heavy atom. The van der Waals surface area contributed by atoms with Crippen LogP contribution in [0.3, 0.4) is 0 Å². The van der Waals surface area contributed by atoms with Crippen molar-refractivity contribution in [3.63, 3.8) is 0 Å². The molecule has 3 aromatic rings. The zero-order valence-corrected chi connectivity index (χ0v) is 15.6. The minimum atomic E-state index is -0.322. The van der Waals surface area contributed by atoms with Crippen LogP contribution < -0.4 is 4.80 Å². The molecule has 0 N–H and O–H groups in total. The number of rotatable bonds is 6.